The Bertz CT molecular complexity index is 287. The van der Waals surface area contributed by atoms with Crippen molar-refractivity contribution in [3.05, 3.63) is 35.4 Å². The fourth-order valence-electron chi connectivity index (χ4n) is 1.01. The standard InChI is InChI=1S/C11H15NO/c1-4-13-12-10(3)11-7-5-9(2)6-8-11/h5-8H,4H2,1-3H3/b12-10-. The fourth-order valence-corrected chi connectivity index (χ4v) is 1.01. The molecule has 0 aliphatic rings. The normalized spacial score (nSPS) is 11.5. The first-order valence-electron chi connectivity index (χ1n) is 4.47. The summed E-state index contributed by atoms with van der Waals surface area (Å²) in [6.45, 7) is 6.55. The molecule has 0 aliphatic heterocycles. The lowest BCUT2D eigenvalue weighted by Gasteiger charge is -2.00. The Morgan fingerprint density at radius 1 is 1.31 bits per heavy atom. The van der Waals surface area contributed by atoms with E-state index in [1.807, 2.05) is 26.0 Å². The quantitative estimate of drug-likeness (QED) is 0.514. The summed E-state index contributed by atoms with van der Waals surface area (Å²) in [6, 6.07) is 8.24. The van der Waals surface area contributed by atoms with Crippen LogP contribution in [0, 0.1) is 6.92 Å². The Balaban J connectivity index is 2.77. The third-order valence-corrected chi connectivity index (χ3v) is 1.80. The van der Waals surface area contributed by atoms with Gasteiger partial charge < -0.3 is 4.84 Å². The lowest BCUT2D eigenvalue weighted by atomic mass is 10.1. The van der Waals surface area contributed by atoms with Gasteiger partial charge in [-0.1, -0.05) is 35.0 Å². The number of nitrogens with zero attached hydrogens (tertiary/aromatic N) is 1. The number of hydrogen-bond acceptors (Lipinski definition) is 2. The molecule has 13 heavy (non-hydrogen) atoms. The number of aryl methyl sites for hydroxylation is 1. The van der Waals surface area contributed by atoms with Crippen LogP contribution in [0.2, 0.25) is 0 Å². The SMILES string of the molecule is CCO/N=C(/C)c1ccc(C)cc1. The van der Waals surface area contributed by atoms with Gasteiger partial charge in [-0.15, -0.1) is 0 Å². The monoisotopic (exact) mass is 177 g/mol. The van der Waals surface area contributed by atoms with Crippen LogP contribution in [0.5, 0.6) is 0 Å². The van der Waals surface area contributed by atoms with E-state index in [4.69, 9.17) is 4.84 Å². The minimum absolute atomic E-state index is 0.614. The summed E-state index contributed by atoms with van der Waals surface area (Å²) in [6.07, 6.45) is 0. The molecule has 0 aromatic heterocycles. The average molecular weight is 177 g/mol. The molecular weight excluding hydrogens is 162 g/mol. The van der Waals surface area contributed by atoms with Crippen molar-refractivity contribution in [3.63, 3.8) is 0 Å². The van der Waals surface area contributed by atoms with Crippen molar-refractivity contribution in [1.29, 1.82) is 0 Å². The molecule has 0 saturated heterocycles. The molecule has 0 saturated carbocycles. The molecule has 70 valence electrons. The molecule has 2 nitrogen and oxygen atoms in total. The fraction of sp³-hybridized carbons (Fsp3) is 0.364. The molecule has 1 rings (SSSR count). The first-order valence-corrected chi connectivity index (χ1v) is 4.47. The number of oxime groups is 1. The van der Waals surface area contributed by atoms with E-state index >= 15 is 0 Å². The van der Waals surface area contributed by atoms with Crippen molar-refractivity contribution in [2.24, 2.45) is 5.16 Å². The van der Waals surface area contributed by atoms with E-state index in [0.717, 1.165) is 11.3 Å². The highest BCUT2D eigenvalue weighted by Gasteiger charge is 1.96. The third-order valence-electron chi connectivity index (χ3n) is 1.80. The predicted octanol–water partition coefficient (Wildman–Crippen LogP) is 2.76. The lowest BCUT2D eigenvalue weighted by molar-refractivity contribution is 0.159. The van der Waals surface area contributed by atoms with Gasteiger partial charge in [0.1, 0.15) is 6.61 Å². The van der Waals surface area contributed by atoms with Gasteiger partial charge in [0.25, 0.3) is 0 Å². The van der Waals surface area contributed by atoms with Crippen molar-refractivity contribution in [1.82, 2.24) is 0 Å². The first kappa shape index (κ1) is 9.78. The van der Waals surface area contributed by atoms with E-state index in [9.17, 15) is 0 Å². The second kappa shape index (κ2) is 4.65. The number of rotatable bonds is 3. The maximum atomic E-state index is 4.97. The van der Waals surface area contributed by atoms with Crippen molar-refractivity contribution >= 4 is 5.71 Å². The molecule has 0 aliphatic carbocycles. The van der Waals surface area contributed by atoms with Gasteiger partial charge in [-0.3, -0.25) is 0 Å². The topological polar surface area (TPSA) is 21.6 Å². The van der Waals surface area contributed by atoms with Crippen LogP contribution in [-0.2, 0) is 4.84 Å². The summed E-state index contributed by atoms with van der Waals surface area (Å²) in [7, 11) is 0. The molecule has 0 bridgehead atoms. The zero-order valence-electron chi connectivity index (χ0n) is 8.37. The van der Waals surface area contributed by atoms with Gasteiger partial charge in [0.2, 0.25) is 0 Å². The average Bonchev–Trinajstić information content (AvgIpc) is 2.15. The Kier molecular flexibility index (Phi) is 3.50. The van der Waals surface area contributed by atoms with Crippen LogP contribution in [0.15, 0.2) is 29.4 Å². The van der Waals surface area contributed by atoms with E-state index in [1.54, 1.807) is 0 Å². The van der Waals surface area contributed by atoms with Gasteiger partial charge in [0, 0.05) is 0 Å². The second-order valence-electron chi connectivity index (χ2n) is 2.96. The maximum absolute atomic E-state index is 4.97. The highest BCUT2D eigenvalue weighted by atomic mass is 16.6. The molecule has 1 aromatic rings. The third kappa shape index (κ3) is 2.90. The molecule has 0 heterocycles. The van der Waals surface area contributed by atoms with Crippen LogP contribution in [0.3, 0.4) is 0 Å². The smallest absolute Gasteiger partial charge is 0.114 e. The molecule has 2 heteroatoms. The van der Waals surface area contributed by atoms with Crippen LogP contribution in [0.25, 0.3) is 0 Å². The largest absolute Gasteiger partial charge is 0.396 e. The van der Waals surface area contributed by atoms with E-state index in [-0.39, 0.29) is 0 Å². The molecule has 0 fully saturated rings. The Morgan fingerprint density at radius 3 is 2.46 bits per heavy atom. The molecule has 0 atom stereocenters. The highest BCUT2D eigenvalue weighted by molar-refractivity contribution is 5.98. The Morgan fingerprint density at radius 2 is 1.92 bits per heavy atom. The predicted molar refractivity (Wildman–Crippen MR) is 55.0 cm³/mol. The molecule has 0 unspecified atom stereocenters. The zero-order chi connectivity index (χ0) is 9.68. The molecule has 0 amide bonds. The van der Waals surface area contributed by atoms with Gasteiger partial charge in [0.05, 0.1) is 5.71 Å². The van der Waals surface area contributed by atoms with Crippen molar-refractivity contribution in [2.45, 2.75) is 20.8 Å². The van der Waals surface area contributed by atoms with Crippen molar-refractivity contribution in [3.8, 4) is 0 Å². The summed E-state index contributed by atoms with van der Waals surface area (Å²) in [5.41, 5.74) is 3.29. The van der Waals surface area contributed by atoms with Crippen LogP contribution in [0.4, 0.5) is 0 Å². The van der Waals surface area contributed by atoms with Crippen LogP contribution < -0.4 is 0 Å². The highest BCUT2D eigenvalue weighted by Crippen LogP contribution is 2.04. The van der Waals surface area contributed by atoms with E-state index in [0.29, 0.717) is 6.61 Å². The Labute approximate surface area is 79.2 Å². The van der Waals surface area contributed by atoms with Gasteiger partial charge in [-0.05, 0) is 26.3 Å². The molecule has 0 radical (unpaired) electrons. The van der Waals surface area contributed by atoms with Gasteiger partial charge >= 0.3 is 0 Å². The minimum Gasteiger partial charge on any atom is -0.396 e. The molecule has 0 spiro atoms. The number of benzene rings is 1. The summed E-state index contributed by atoms with van der Waals surface area (Å²) in [4.78, 5) is 4.97. The van der Waals surface area contributed by atoms with Gasteiger partial charge in [-0.25, -0.2) is 0 Å². The zero-order valence-corrected chi connectivity index (χ0v) is 8.37. The van der Waals surface area contributed by atoms with Crippen molar-refractivity contribution < 1.29 is 4.84 Å². The summed E-state index contributed by atoms with van der Waals surface area (Å²) in [5.74, 6) is 0. The van der Waals surface area contributed by atoms with E-state index in [1.165, 1.54) is 5.56 Å². The molecule has 0 N–H and O–H groups in total. The van der Waals surface area contributed by atoms with E-state index in [2.05, 4.69) is 24.2 Å². The summed E-state index contributed by atoms with van der Waals surface area (Å²) >= 11 is 0. The van der Waals surface area contributed by atoms with Crippen LogP contribution >= 0.6 is 0 Å². The molecule has 1 aromatic carbocycles. The summed E-state index contributed by atoms with van der Waals surface area (Å²) < 4.78 is 0. The first-order chi connectivity index (χ1) is 6.24. The Hall–Kier alpha value is -1.31. The number of hydrogen-bond donors (Lipinski definition) is 0. The molecular formula is C11H15NO. The van der Waals surface area contributed by atoms with E-state index < -0.39 is 0 Å². The van der Waals surface area contributed by atoms with Crippen LogP contribution in [0.1, 0.15) is 25.0 Å². The van der Waals surface area contributed by atoms with Gasteiger partial charge in [0.15, 0.2) is 0 Å². The van der Waals surface area contributed by atoms with Crippen LogP contribution in [-0.4, -0.2) is 12.3 Å². The van der Waals surface area contributed by atoms with Gasteiger partial charge in [-0.2, -0.15) is 0 Å². The second-order valence-corrected chi connectivity index (χ2v) is 2.96. The summed E-state index contributed by atoms with van der Waals surface area (Å²) in [5, 5.41) is 3.96. The minimum atomic E-state index is 0.614. The van der Waals surface area contributed by atoms with Crippen molar-refractivity contribution in [2.75, 3.05) is 6.61 Å². The maximum Gasteiger partial charge on any atom is 0.114 e. The lowest BCUT2D eigenvalue weighted by Crippen LogP contribution is -1.95.